The van der Waals surface area contributed by atoms with Gasteiger partial charge in [-0.2, -0.15) is 0 Å². The monoisotopic (exact) mass is 579 g/mol. The zero-order chi connectivity index (χ0) is 30.1. The molecule has 0 N–H and O–H groups in total. The van der Waals surface area contributed by atoms with E-state index in [4.69, 9.17) is 9.72 Å². The molecule has 0 atom stereocenters. The van der Waals surface area contributed by atoms with Crippen LogP contribution in [0.4, 0.5) is 8.78 Å². The highest BCUT2D eigenvalue weighted by molar-refractivity contribution is 6.82. The molecule has 0 radical (unpaired) electrons. The Kier molecular flexibility index (Phi) is 8.72. The maximum atomic E-state index is 15.6. The van der Waals surface area contributed by atoms with Crippen LogP contribution in [0.15, 0.2) is 55.1 Å². The summed E-state index contributed by atoms with van der Waals surface area (Å²) in [6.45, 7) is 12.5. The van der Waals surface area contributed by atoms with Crippen LogP contribution in [0.5, 0.6) is 5.75 Å². The largest absolute Gasteiger partial charge is 0.479 e. The summed E-state index contributed by atoms with van der Waals surface area (Å²) in [5.41, 5.74) is 2.30. The topological polar surface area (TPSA) is 83.3 Å². The third-order valence-electron chi connectivity index (χ3n) is 7.93. The molecule has 1 aromatic carbocycles. The van der Waals surface area contributed by atoms with Crippen molar-refractivity contribution in [2.24, 2.45) is 0 Å². The van der Waals surface area contributed by atoms with E-state index in [1.165, 1.54) is 7.11 Å². The Morgan fingerprint density at radius 1 is 0.976 bits per heavy atom. The van der Waals surface area contributed by atoms with Crippen LogP contribution in [0.25, 0.3) is 22.2 Å². The van der Waals surface area contributed by atoms with Crippen LogP contribution < -0.4 is 4.74 Å². The second kappa shape index (κ2) is 11.9. The van der Waals surface area contributed by atoms with Gasteiger partial charge in [-0.05, 0) is 40.9 Å². The molecular formula is C31H35F2N3O4Si. The smallest absolute Gasteiger partial charge is 0.343 e. The molecule has 0 spiro atoms. The third-order valence-corrected chi connectivity index (χ3v) is 14.7. The number of methoxy groups -OCH3 is 1. The van der Waals surface area contributed by atoms with Gasteiger partial charge in [0.15, 0.2) is 26.4 Å². The fourth-order valence-electron chi connectivity index (χ4n) is 6.29. The van der Waals surface area contributed by atoms with Crippen LogP contribution in [0.3, 0.4) is 0 Å². The first-order valence-electron chi connectivity index (χ1n) is 13.6. The molecule has 0 saturated heterocycles. The van der Waals surface area contributed by atoms with Crippen molar-refractivity contribution < 1.29 is 27.8 Å². The zero-order valence-corrected chi connectivity index (χ0v) is 25.4. The minimum Gasteiger partial charge on any atom is -0.479 e. The van der Waals surface area contributed by atoms with Crippen molar-refractivity contribution in [1.82, 2.24) is 14.2 Å². The highest BCUT2D eigenvalue weighted by Gasteiger charge is 2.47. The Hall–Kier alpha value is -3.92. The first-order valence-corrected chi connectivity index (χ1v) is 15.8. The van der Waals surface area contributed by atoms with Crippen LogP contribution in [-0.2, 0) is 9.53 Å². The molecule has 0 aliphatic heterocycles. The number of esters is 1. The number of carbonyl (C=O) groups excluding carboxylic acids is 2. The SMILES string of the molecule is COC(=O)COc1ccc(F)c(C(=O)c2cn([Si](C(C)C)(C(C)C)C(C)C)c3ncc(-c4cccnc4)cc23)c1F. The van der Waals surface area contributed by atoms with Crippen molar-refractivity contribution in [2.75, 3.05) is 13.7 Å². The number of carbonyl (C=O) groups is 2. The van der Waals surface area contributed by atoms with Gasteiger partial charge in [0.2, 0.25) is 5.78 Å². The van der Waals surface area contributed by atoms with Crippen molar-refractivity contribution in [2.45, 2.75) is 58.2 Å². The van der Waals surface area contributed by atoms with Gasteiger partial charge in [0.05, 0.1) is 12.7 Å². The van der Waals surface area contributed by atoms with E-state index in [0.29, 0.717) is 11.0 Å². The lowest BCUT2D eigenvalue weighted by atomic mass is 10.0. The predicted molar refractivity (Wildman–Crippen MR) is 157 cm³/mol. The van der Waals surface area contributed by atoms with E-state index in [9.17, 15) is 9.59 Å². The van der Waals surface area contributed by atoms with E-state index in [1.807, 2.05) is 12.1 Å². The van der Waals surface area contributed by atoms with Crippen molar-refractivity contribution in [3.63, 3.8) is 0 Å². The third kappa shape index (κ3) is 5.28. The zero-order valence-electron chi connectivity index (χ0n) is 24.4. The van der Waals surface area contributed by atoms with Gasteiger partial charge in [-0.15, -0.1) is 0 Å². The number of ketones is 1. The second-order valence-electron chi connectivity index (χ2n) is 11.0. The van der Waals surface area contributed by atoms with Gasteiger partial charge in [0.1, 0.15) is 11.5 Å². The average molecular weight is 580 g/mol. The van der Waals surface area contributed by atoms with Crippen molar-refractivity contribution in [1.29, 1.82) is 0 Å². The molecular weight excluding hydrogens is 544 g/mol. The molecule has 4 rings (SSSR count). The van der Waals surface area contributed by atoms with Gasteiger partial charge in [-0.1, -0.05) is 47.6 Å². The van der Waals surface area contributed by atoms with Crippen LogP contribution in [0.2, 0.25) is 16.6 Å². The first kappa shape index (κ1) is 30.0. The van der Waals surface area contributed by atoms with Crippen LogP contribution in [-0.4, -0.2) is 47.9 Å². The summed E-state index contributed by atoms with van der Waals surface area (Å²) < 4.78 is 42.7. The molecule has 0 bridgehead atoms. The lowest BCUT2D eigenvalue weighted by molar-refractivity contribution is -0.142. The number of halogens is 2. The van der Waals surface area contributed by atoms with Crippen molar-refractivity contribution in [3.8, 4) is 16.9 Å². The molecule has 216 valence electrons. The summed E-state index contributed by atoms with van der Waals surface area (Å²) in [5, 5.41) is 0.495. The highest BCUT2D eigenvalue weighted by atomic mass is 28.3. The number of nitrogens with zero attached hydrogens (tertiary/aromatic N) is 3. The number of rotatable bonds is 10. The summed E-state index contributed by atoms with van der Waals surface area (Å²) in [6.07, 6.45) is 6.83. The summed E-state index contributed by atoms with van der Waals surface area (Å²) in [7, 11) is -1.27. The standard InChI is InChI=1S/C31H35F2N3O4Si/c1-18(2)41(19(3)4,20(5)6)36-16-24(23-13-22(15-35-31(23)36)21-9-8-12-34-14-21)30(38)28-25(32)10-11-26(29(28)33)40-17-27(37)39-7/h8-16,18-20H,17H2,1-7H3. The van der Waals surface area contributed by atoms with Gasteiger partial charge in [-0.25, -0.2) is 18.6 Å². The molecule has 0 aliphatic rings. The molecule has 0 saturated carbocycles. The number of ether oxygens (including phenoxy) is 2. The number of fused-ring (bicyclic) bond motifs is 1. The molecule has 3 aromatic heterocycles. The Bertz CT molecular complexity index is 1560. The number of pyridine rings is 2. The Balaban J connectivity index is 2.00. The van der Waals surface area contributed by atoms with E-state index in [1.54, 1.807) is 30.9 Å². The molecule has 10 heteroatoms. The molecule has 0 aliphatic carbocycles. The molecule has 0 fully saturated rings. The van der Waals surface area contributed by atoms with Crippen molar-refractivity contribution >= 4 is 31.0 Å². The Labute approximate surface area is 239 Å². The van der Waals surface area contributed by atoms with E-state index in [-0.39, 0.29) is 22.2 Å². The fraction of sp³-hybridized carbons (Fsp3) is 0.355. The van der Waals surface area contributed by atoms with Crippen LogP contribution in [0.1, 0.15) is 57.5 Å². The highest BCUT2D eigenvalue weighted by Crippen LogP contribution is 2.45. The van der Waals surface area contributed by atoms with Gasteiger partial charge in [-0.3, -0.25) is 9.78 Å². The van der Waals surface area contributed by atoms with Gasteiger partial charge < -0.3 is 13.7 Å². The summed E-state index contributed by atoms with van der Waals surface area (Å²) >= 11 is 0. The molecule has 7 nitrogen and oxygen atoms in total. The van der Waals surface area contributed by atoms with E-state index < -0.39 is 49.5 Å². The number of aromatic nitrogens is 3. The maximum absolute atomic E-state index is 15.6. The normalized spacial score (nSPS) is 12.0. The van der Waals surface area contributed by atoms with Crippen LogP contribution >= 0.6 is 0 Å². The minimum atomic E-state index is -2.43. The quantitative estimate of drug-likeness (QED) is 0.112. The van der Waals surface area contributed by atoms with E-state index in [0.717, 1.165) is 23.3 Å². The van der Waals surface area contributed by atoms with Gasteiger partial charge in [0, 0.05) is 46.9 Å². The average Bonchev–Trinajstić information content (AvgIpc) is 3.31. The summed E-state index contributed by atoms with van der Waals surface area (Å²) in [4.78, 5) is 34.7. The lowest BCUT2D eigenvalue weighted by Gasteiger charge is -2.44. The summed E-state index contributed by atoms with van der Waals surface area (Å²) in [6, 6.07) is 7.51. The Morgan fingerprint density at radius 3 is 2.24 bits per heavy atom. The van der Waals surface area contributed by atoms with Gasteiger partial charge >= 0.3 is 5.97 Å². The molecule has 3 heterocycles. The molecule has 0 unspecified atom stereocenters. The molecule has 0 amide bonds. The van der Waals surface area contributed by atoms with Crippen molar-refractivity contribution in [3.05, 3.63) is 77.9 Å². The van der Waals surface area contributed by atoms with Crippen LogP contribution in [0, 0.1) is 11.6 Å². The fourth-order valence-corrected chi connectivity index (χ4v) is 12.9. The Morgan fingerprint density at radius 2 is 1.66 bits per heavy atom. The van der Waals surface area contributed by atoms with E-state index >= 15 is 8.78 Å². The number of hydrogen-bond acceptors (Lipinski definition) is 6. The maximum Gasteiger partial charge on any atom is 0.343 e. The summed E-state index contributed by atoms with van der Waals surface area (Å²) in [5.74, 6) is -4.22. The molecule has 41 heavy (non-hydrogen) atoms. The lowest BCUT2D eigenvalue weighted by Crippen LogP contribution is -2.51. The minimum absolute atomic E-state index is 0.139. The second-order valence-corrected chi connectivity index (χ2v) is 16.7. The number of benzene rings is 1. The predicted octanol–water partition coefficient (Wildman–Crippen LogP) is 7.18. The van der Waals surface area contributed by atoms with E-state index in [2.05, 4.69) is 55.5 Å². The number of hydrogen-bond donors (Lipinski definition) is 0. The molecule has 4 aromatic rings. The first-order chi connectivity index (χ1) is 19.4. The van der Waals surface area contributed by atoms with Gasteiger partial charge in [0.25, 0.3) is 0 Å².